The molecule has 4 aromatic rings. The lowest BCUT2D eigenvalue weighted by atomic mass is 9.77. The number of nitrogens with zero attached hydrogens (tertiary/aromatic N) is 3. The molecule has 8 nitrogen and oxygen atoms in total. The van der Waals surface area contributed by atoms with E-state index in [0.717, 1.165) is 0 Å². The topological polar surface area (TPSA) is 114 Å². The van der Waals surface area contributed by atoms with E-state index in [4.69, 9.17) is 4.74 Å². The molecular weight excluding hydrogens is 444 g/mol. The summed E-state index contributed by atoms with van der Waals surface area (Å²) in [5.41, 5.74) is 0.917. The van der Waals surface area contributed by atoms with Crippen molar-refractivity contribution in [1.82, 2.24) is 20.3 Å². The Hall–Kier alpha value is -4.59. The van der Waals surface area contributed by atoms with E-state index in [1.165, 1.54) is 6.20 Å². The van der Waals surface area contributed by atoms with Gasteiger partial charge >= 0.3 is 12.0 Å². The number of benzene rings is 2. The van der Waals surface area contributed by atoms with E-state index in [9.17, 15) is 14.7 Å². The van der Waals surface area contributed by atoms with Gasteiger partial charge in [0.2, 0.25) is 6.10 Å². The summed E-state index contributed by atoms with van der Waals surface area (Å²) in [6, 6.07) is 22.6. The zero-order chi connectivity index (χ0) is 24.8. The summed E-state index contributed by atoms with van der Waals surface area (Å²) >= 11 is 0. The second-order valence-corrected chi connectivity index (χ2v) is 8.01. The molecule has 0 aliphatic heterocycles. The van der Waals surface area contributed by atoms with Crippen LogP contribution in [0.15, 0.2) is 91.3 Å². The number of rotatable bonds is 8. The zero-order valence-corrected chi connectivity index (χ0v) is 19.3. The Balaban J connectivity index is 1.95. The summed E-state index contributed by atoms with van der Waals surface area (Å²) in [5.74, 6) is -1.81. The molecule has 0 saturated heterocycles. The van der Waals surface area contributed by atoms with Crippen molar-refractivity contribution in [2.45, 2.75) is 25.5 Å². The van der Waals surface area contributed by atoms with Crippen molar-refractivity contribution in [3.63, 3.8) is 0 Å². The Morgan fingerprint density at radius 1 is 0.886 bits per heavy atom. The van der Waals surface area contributed by atoms with Gasteiger partial charge in [0.05, 0.1) is 5.56 Å². The van der Waals surface area contributed by atoms with Crippen molar-refractivity contribution in [3.8, 4) is 6.01 Å². The molecule has 2 N–H and O–H groups in total. The number of carboxylic acid groups (broad SMARTS) is 1. The number of hydrogen-bond acceptors (Lipinski definition) is 6. The summed E-state index contributed by atoms with van der Waals surface area (Å²) in [6.07, 6.45) is 1.35. The normalized spacial score (nSPS) is 11.9. The van der Waals surface area contributed by atoms with Crippen molar-refractivity contribution in [2.75, 3.05) is 0 Å². The average molecular weight is 469 g/mol. The lowest BCUT2D eigenvalue weighted by Crippen LogP contribution is -2.60. The quantitative estimate of drug-likeness (QED) is 0.405. The summed E-state index contributed by atoms with van der Waals surface area (Å²) in [4.78, 5) is 38.9. The van der Waals surface area contributed by atoms with Gasteiger partial charge in [-0.3, -0.25) is 9.78 Å². The van der Waals surface area contributed by atoms with Crippen LogP contribution in [-0.2, 0) is 10.3 Å². The fourth-order valence-electron chi connectivity index (χ4n) is 4.01. The predicted octanol–water partition coefficient (Wildman–Crippen LogP) is 3.69. The molecule has 1 atom stereocenters. The van der Waals surface area contributed by atoms with E-state index in [0.29, 0.717) is 22.5 Å². The lowest BCUT2D eigenvalue weighted by Gasteiger charge is -2.39. The molecule has 2 heterocycles. The number of carboxylic acids is 1. The molecular formula is C27H24N4O4. The highest BCUT2D eigenvalue weighted by Crippen LogP contribution is 2.36. The smallest absolute Gasteiger partial charge is 0.348 e. The third-order valence-corrected chi connectivity index (χ3v) is 5.50. The van der Waals surface area contributed by atoms with Gasteiger partial charge in [0.15, 0.2) is 0 Å². The second kappa shape index (κ2) is 10.1. The van der Waals surface area contributed by atoms with E-state index < -0.39 is 23.5 Å². The van der Waals surface area contributed by atoms with Gasteiger partial charge in [0.1, 0.15) is 5.54 Å². The number of nitrogens with one attached hydrogen (secondary N) is 1. The van der Waals surface area contributed by atoms with Crippen molar-refractivity contribution < 1.29 is 19.4 Å². The first-order valence-corrected chi connectivity index (χ1v) is 11.0. The fraction of sp³-hybridized carbons (Fsp3) is 0.148. The average Bonchev–Trinajstić information content (AvgIpc) is 2.87. The molecule has 0 aliphatic rings. The fourth-order valence-corrected chi connectivity index (χ4v) is 4.01. The highest BCUT2D eigenvalue weighted by Gasteiger charge is 2.50. The predicted molar refractivity (Wildman–Crippen MR) is 129 cm³/mol. The van der Waals surface area contributed by atoms with Gasteiger partial charge in [0, 0.05) is 23.8 Å². The number of hydrogen-bond donors (Lipinski definition) is 2. The molecule has 35 heavy (non-hydrogen) atoms. The Kier molecular flexibility index (Phi) is 6.82. The number of pyridine rings is 1. The van der Waals surface area contributed by atoms with Crippen LogP contribution in [0.25, 0.3) is 0 Å². The van der Waals surface area contributed by atoms with Gasteiger partial charge in [-0.15, -0.1) is 0 Å². The van der Waals surface area contributed by atoms with Crippen LogP contribution in [-0.4, -0.2) is 38.0 Å². The van der Waals surface area contributed by atoms with Crippen LogP contribution < -0.4 is 10.1 Å². The molecule has 1 amide bonds. The third kappa shape index (κ3) is 5.01. The van der Waals surface area contributed by atoms with Gasteiger partial charge in [-0.05, 0) is 43.2 Å². The number of aliphatic carboxylic acids is 1. The summed E-state index contributed by atoms with van der Waals surface area (Å²) in [5, 5.41) is 13.4. The van der Waals surface area contributed by atoms with E-state index in [1.807, 2.05) is 12.1 Å². The number of carbonyl (C=O) groups is 2. The highest BCUT2D eigenvalue weighted by atomic mass is 16.5. The van der Waals surface area contributed by atoms with Gasteiger partial charge in [-0.2, -0.15) is 0 Å². The minimum Gasteiger partial charge on any atom is -0.478 e. The SMILES string of the molecule is Cc1cc(C)nc(OC(C(=O)O)C(NC(=O)c2cccnc2)(c2ccccc2)c2ccccc2)n1. The van der Waals surface area contributed by atoms with Crippen LogP contribution >= 0.6 is 0 Å². The van der Waals surface area contributed by atoms with Crippen molar-refractivity contribution in [2.24, 2.45) is 0 Å². The van der Waals surface area contributed by atoms with Gasteiger partial charge in [-0.25, -0.2) is 14.8 Å². The van der Waals surface area contributed by atoms with Gasteiger partial charge in [-0.1, -0.05) is 60.7 Å². The van der Waals surface area contributed by atoms with E-state index in [2.05, 4.69) is 20.3 Å². The molecule has 0 aliphatic carbocycles. The van der Waals surface area contributed by atoms with Gasteiger partial charge < -0.3 is 15.2 Å². The minimum atomic E-state index is -1.64. The second-order valence-electron chi connectivity index (χ2n) is 8.01. The first kappa shape index (κ1) is 23.6. The Bertz CT molecular complexity index is 1260. The van der Waals surface area contributed by atoms with Crippen molar-refractivity contribution in [3.05, 3.63) is 119 Å². The molecule has 0 fully saturated rings. The first-order valence-electron chi connectivity index (χ1n) is 11.0. The molecule has 8 heteroatoms. The van der Waals surface area contributed by atoms with Crippen LogP contribution in [0.5, 0.6) is 6.01 Å². The standard InChI is InChI=1S/C27H24N4O4/c1-18-16-19(2)30-26(29-18)35-23(25(33)34)27(21-11-5-3-6-12-21,22-13-7-4-8-14-22)31-24(32)20-10-9-15-28-17-20/h3-17,23H,1-2H3,(H,31,32)(H,33,34). The lowest BCUT2D eigenvalue weighted by molar-refractivity contribution is -0.148. The number of aromatic nitrogens is 3. The van der Waals surface area contributed by atoms with E-state index >= 15 is 0 Å². The van der Waals surface area contributed by atoms with Crippen LogP contribution in [0.4, 0.5) is 0 Å². The molecule has 0 bridgehead atoms. The van der Waals surface area contributed by atoms with Crippen LogP contribution in [0, 0.1) is 13.8 Å². The zero-order valence-electron chi connectivity index (χ0n) is 19.3. The van der Waals surface area contributed by atoms with Gasteiger partial charge in [0.25, 0.3) is 5.91 Å². The number of aryl methyl sites for hydroxylation is 2. The monoisotopic (exact) mass is 468 g/mol. The molecule has 4 rings (SSSR count). The van der Waals surface area contributed by atoms with Crippen molar-refractivity contribution in [1.29, 1.82) is 0 Å². The van der Waals surface area contributed by atoms with Crippen LogP contribution in [0.3, 0.4) is 0 Å². The summed E-state index contributed by atoms with van der Waals surface area (Å²) in [7, 11) is 0. The maximum Gasteiger partial charge on any atom is 0.348 e. The molecule has 176 valence electrons. The van der Waals surface area contributed by atoms with Crippen LogP contribution in [0.1, 0.15) is 32.9 Å². The molecule has 2 aromatic carbocycles. The number of amides is 1. The molecule has 0 radical (unpaired) electrons. The van der Waals surface area contributed by atoms with E-state index in [-0.39, 0.29) is 11.6 Å². The number of carbonyl (C=O) groups excluding carboxylic acids is 1. The Morgan fingerprint density at radius 2 is 1.46 bits per heavy atom. The molecule has 0 saturated carbocycles. The van der Waals surface area contributed by atoms with Crippen molar-refractivity contribution >= 4 is 11.9 Å². The molecule has 0 spiro atoms. The molecule has 2 aromatic heterocycles. The van der Waals surface area contributed by atoms with Crippen LogP contribution in [0.2, 0.25) is 0 Å². The maximum absolute atomic E-state index is 13.5. The molecule has 1 unspecified atom stereocenters. The third-order valence-electron chi connectivity index (χ3n) is 5.50. The number of ether oxygens (including phenoxy) is 1. The maximum atomic E-state index is 13.5. The first-order chi connectivity index (χ1) is 16.9. The summed E-state index contributed by atoms with van der Waals surface area (Å²) in [6.45, 7) is 3.53. The minimum absolute atomic E-state index is 0.0956. The Morgan fingerprint density at radius 3 is 1.94 bits per heavy atom. The highest BCUT2D eigenvalue weighted by molar-refractivity contribution is 5.95. The summed E-state index contributed by atoms with van der Waals surface area (Å²) < 4.78 is 6.00. The largest absolute Gasteiger partial charge is 0.478 e. The Labute approximate surface area is 202 Å². The van der Waals surface area contributed by atoms with E-state index in [1.54, 1.807) is 86.8 Å².